The molecular weight excluding hydrogens is 359 g/mol. The van der Waals surface area contributed by atoms with E-state index in [9.17, 15) is 9.65 Å². The highest BCUT2D eigenvalue weighted by Crippen LogP contribution is 2.28. The first kappa shape index (κ1) is 17.4. The van der Waals surface area contributed by atoms with Crippen molar-refractivity contribution in [3.8, 4) is 11.9 Å². The van der Waals surface area contributed by atoms with Crippen molar-refractivity contribution in [3.63, 3.8) is 0 Å². The van der Waals surface area contributed by atoms with Crippen LogP contribution in [-0.2, 0) is 0 Å². The van der Waals surface area contributed by atoms with Crippen LogP contribution in [0.4, 0.5) is 16.0 Å². The van der Waals surface area contributed by atoms with Crippen LogP contribution in [0, 0.1) is 17.1 Å². The Hall–Kier alpha value is -4.06. The van der Waals surface area contributed by atoms with Crippen molar-refractivity contribution >= 4 is 22.7 Å². The van der Waals surface area contributed by atoms with E-state index < -0.39 is 0 Å². The van der Waals surface area contributed by atoms with Crippen molar-refractivity contribution < 1.29 is 4.39 Å². The van der Waals surface area contributed by atoms with Crippen molar-refractivity contribution in [1.29, 1.82) is 5.26 Å². The number of rotatable bonds is 4. The van der Waals surface area contributed by atoms with E-state index in [-0.39, 0.29) is 23.2 Å². The maximum atomic E-state index is 13.9. The zero-order valence-corrected chi connectivity index (χ0v) is 14.8. The third-order valence-corrected chi connectivity index (χ3v) is 4.25. The molecule has 1 atom stereocenters. The Morgan fingerprint density at radius 1 is 1.21 bits per heavy atom. The smallest absolute Gasteiger partial charge is 0.150 e. The third-order valence-electron chi connectivity index (χ3n) is 4.25. The highest BCUT2D eigenvalue weighted by Gasteiger charge is 2.21. The van der Waals surface area contributed by atoms with Crippen LogP contribution in [-0.4, -0.2) is 24.5 Å². The number of benzene rings is 1. The van der Waals surface area contributed by atoms with Gasteiger partial charge in [0.1, 0.15) is 47.1 Å². The summed E-state index contributed by atoms with van der Waals surface area (Å²) in [6.45, 7) is 1.86. The Labute approximate surface area is 159 Å². The second-order valence-corrected chi connectivity index (χ2v) is 6.09. The van der Waals surface area contributed by atoms with Crippen molar-refractivity contribution in [1.82, 2.24) is 24.5 Å². The number of hydrogen-bond donors (Lipinski definition) is 2. The van der Waals surface area contributed by atoms with E-state index in [0.29, 0.717) is 28.5 Å². The summed E-state index contributed by atoms with van der Waals surface area (Å²) in [4.78, 5) is 17.0. The molecule has 0 radical (unpaired) electrons. The molecule has 0 bridgehead atoms. The van der Waals surface area contributed by atoms with E-state index >= 15 is 0 Å². The summed E-state index contributed by atoms with van der Waals surface area (Å²) in [6.07, 6.45) is 2.93. The molecule has 0 saturated carbocycles. The van der Waals surface area contributed by atoms with Gasteiger partial charge in [-0.15, -0.1) is 0 Å². The van der Waals surface area contributed by atoms with Gasteiger partial charge >= 0.3 is 0 Å². The Balaban J connectivity index is 1.85. The molecule has 0 aliphatic rings. The van der Waals surface area contributed by atoms with Gasteiger partial charge < -0.3 is 11.1 Å². The number of hydrogen-bond acceptors (Lipinski definition) is 7. The van der Waals surface area contributed by atoms with Gasteiger partial charge in [-0.3, -0.25) is 4.57 Å². The standard InChI is InChI=1S/C19H15FN8/c1-11(26-18-13(9-21)17(22)24-10-25-18)19-27-14-6-5-12(20)8-15(14)28(19)16-4-2-3-7-23-16/h2-8,10-11H,1H3,(H3,22,24,25,26). The largest absolute Gasteiger partial charge is 0.382 e. The number of nitrogens with two attached hydrogens (primary N) is 1. The van der Waals surface area contributed by atoms with Crippen LogP contribution in [0.3, 0.4) is 0 Å². The third kappa shape index (κ3) is 2.97. The van der Waals surface area contributed by atoms with Gasteiger partial charge in [-0.05, 0) is 31.2 Å². The minimum Gasteiger partial charge on any atom is -0.382 e. The van der Waals surface area contributed by atoms with E-state index in [4.69, 9.17) is 5.73 Å². The number of fused-ring (bicyclic) bond motifs is 1. The van der Waals surface area contributed by atoms with Crippen LogP contribution < -0.4 is 11.1 Å². The van der Waals surface area contributed by atoms with Gasteiger partial charge in [0.05, 0.1) is 17.1 Å². The normalized spacial score (nSPS) is 11.9. The van der Waals surface area contributed by atoms with Crippen molar-refractivity contribution in [2.24, 2.45) is 0 Å². The molecule has 1 unspecified atom stereocenters. The molecule has 28 heavy (non-hydrogen) atoms. The Morgan fingerprint density at radius 2 is 2.07 bits per heavy atom. The van der Waals surface area contributed by atoms with Crippen LogP contribution in [0.25, 0.3) is 16.9 Å². The van der Waals surface area contributed by atoms with E-state index in [1.165, 1.54) is 18.5 Å². The minimum absolute atomic E-state index is 0.0903. The van der Waals surface area contributed by atoms with Crippen molar-refractivity contribution in [2.45, 2.75) is 13.0 Å². The number of halogens is 1. The predicted molar refractivity (Wildman–Crippen MR) is 102 cm³/mol. The van der Waals surface area contributed by atoms with Gasteiger partial charge in [0.15, 0.2) is 0 Å². The maximum Gasteiger partial charge on any atom is 0.150 e. The van der Waals surface area contributed by atoms with Crippen LogP contribution in [0.5, 0.6) is 0 Å². The van der Waals surface area contributed by atoms with E-state index in [0.717, 1.165) is 0 Å². The van der Waals surface area contributed by atoms with Crippen LogP contribution in [0.15, 0.2) is 48.9 Å². The summed E-state index contributed by atoms with van der Waals surface area (Å²) >= 11 is 0. The van der Waals surface area contributed by atoms with Crippen molar-refractivity contribution in [2.75, 3.05) is 11.1 Å². The van der Waals surface area contributed by atoms with E-state index in [1.807, 2.05) is 25.1 Å². The first-order valence-electron chi connectivity index (χ1n) is 8.45. The van der Waals surface area contributed by atoms with Gasteiger partial charge in [-0.25, -0.2) is 24.3 Å². The average molecular weight is 374 g/mol. The lowest BCUT2D eigenvalue weighted by atomic mass is 10.2. The molecule has 0 saturated heterocycles. The number of nitriles is 1. The van der Waals surface area contributed by atoms with Crippen LogP contribution in [0.1, 0.15) is 24.4 Å². The molecule has 4 rings (SSSR count). The molecule has 3 N–H and O–H groups in total. The summed E-state index contributed by atoms with van der Waals surface area (Å²) in [5.74, 6) is 1.20. The minimum atomic E-state index is -0.390. The number of aromatic nitrogens is 5. The lowest BCUT2D eigenvalue weighted by Crippen LogP contribution is -2.16. The highest BCUT2D eigenvalue weighted by atomic mass is 19.1. The first-order valence-corrected chi connectivity index (χ1v) is 8.45. The fraction of sp³-hybridized carbons (Fsp3) is 0.105. The van der Waals surface area contributed by atoms with Gasteiger partial charge in [0.25, 0.3) is 0 Å². The zero-order valence-electron chi connectivity index (χ0n) is 14.8. The number of anilines is 2. The fourth-order valence-electron chi connectivity index (χ4n) is 2.97. The highest BCUT2D eigenvalue weighted by molar-refractivity contribution is 5.78. The second-order valence-electron chi connectivity index (χ2n) is 6.09. The Morgan fingerprint density at radius 3 is 2.82 bits per heavy atom. The molecule has 0 aliphatic carbocycles. The molecule has 3 heterocycles. The van der Waals surface area contributed by atoms with Gasteiger partial charge in [-0.1, -0.05) is 6.07 Å². The quantitative estimate of drug-likeness (QED) is 0.564. The number of pyridine rings is 1. The Kier molecular flexibility index (Phi) is 4.29. The number of nitrogens with zero attached hydrogens (tertiary/aromatic N) is 6. The van der Waals surface area contributed by atoms with Crippen LogP contribution in [0.2, 0.25) is 0 Å². The fourth-order valence-corrected chi connectivity index (χ4v) is 2.97. The molecule has 4 aromatic rings. The summed E-state index contributed by atoms with van der Waals surface area (Å²) in [6, 6.07) is 11.4. The molecule has 0 aliphatic heterocycles. The SMILES string of the molecule is CC(Nc1ncnc(N)c1C#N)c1nc2ccc(F)cc2n1-c1ccccn1. The average Bonchev–Trinajstić information content (AvgIpc) is 3.07. The molecule has 0 spiro atoms. The van der Waals surface area contributed by atoms with Crippen LogP contribution >= 0.6 is 0 Å². The molecule has 0 amide bonds. The number of nitrogen functional groups attached to an aromatic ring is 1. The molecule has 8 nitrogen and oxygen atoms in total. The van der Waals surface area contributed by atoms with E-state index in [1.54, 1.807) is 22.9 Å². The van der Waals surface area contributed by atoms with Crippen molar-refractivity contribution in [3.05, 3.63) is 66.1 Å². The summed E-state index contributed by atoms with van der Waals surface area (Å²) in [5.41, 5.74) is 7.12. The summed E-state index contributed by atoms with van der Waals surface area (Å²) in [5, 5.41) is 12.5. The monoisotopic (exact) mass is 374 g/mol. The molecule has 0 fully saturated rings. The summed E-state index contributed by atoms with van der Waals surface area (Å²) in [7, 11) is 0. The zero-order chi connectivity index (χ0) is 19.7. The number of nitrogens with one attached hydrogen (secondary N) is 1. The molecule has 1 aromatic carbocycles. The molecule has 9 heteroatoms. The second kappa shape index (κ2) is 6.92. The van der Waals surface area contributed by atoms with Gasteiger partial charge in [0.2, 0.25) is 0 Å². The van der Waals surface area contributed by atoms with Gasteiger partial charge in [-0.2, -0.15) is 5.26 Å². The molecule has 138 valence electrons. The maximum absolute atomic E-state index is 13.9. The Bertz CT molecular complexity index is 1200. The molecular formula is C19H15FN8. The lowest BCUT2D eigenvalue weighted by Gasteiger charge is -2.17. The number of imidazole rings is 1. The molecule has 3 aromatic heterocycles. The van der Waals surface area contributed by atoms with Gasteiger partial charge in [0, 0.05) is 12.3 Å². The first-order chi connectivity index (χ1) is 13.6. The van der Waals surface area contributed by atoms with E-state index in [2.05, 4.69) is 25.3 Å². The predicted octanol–water partition coefficient (Wildman–Crippen LogP) is 2.98. The lowest BCUT2D eigenvalue weighted by molar-refractivity contribution is 0.629. The topological polar surface area (TPSA) is 118 Å². The summed E-state index contributed by atoms with van der Waals surface area (Å²) < 4.78 is 15.7.